The summed E-state index contributed by atoms with van der Waals surface area (Å²) in [6.45, 7) is 1.03. The number of anilines is 1. The number of carbonyl (C=O) groups is 3. The number of hydrogen-bond donors (Lipinski definition) is 0. The van der Waals surface area contributed by atoms with E-state index in [1.54, 1.807) is 12.1 Å². The lowest BCUT2D eigenvalue weighted by Gasteiger charge is -2.41. The number of piperidine rings is 1. The molecule has 0 aliphatic carbocycles. The number of carbonyl (C=O) groups excluding carboxylic acids is 3. The van der Waals surface area contributed by atoms with Crippen LogP contribution in [0.25, 0.3) is 0 Å². The van der Waals surface area contributed by atoms with Gasteiger partial charge in [0.1, 0.15) is 18.1 Å². The van der Waals surface area contributed by atoms with Crippen LogP contribution in [0.2, 0.25) is 0 Å². The predicted molar refractivity (Wildman–Crippen MR) is 67.1 cm³/mol. The van der Waals surface area contributed by atoms with E-state index < -0.39 is 11.9 Å². The lowest BCUT2D eigenvalue weighted by Crippen LogP contribution is -2.48. The molecule has 0 radical (unpaired) electrons. The van der Waals surface area contributed by atoms with Gasteiger partial charge in [0.05, 0.1) is 22.9 Å². The third-order valence-electron chi connectivity index (χ3n) is 4.00. The maximum atomic E-state index is 11.6. The van der Waals surface area contributed by atoms with Crippen LogP contribution in [0.15, 0.2) is 12.1 Å². The van der Waals surface area contributed by atoms with Crippen LogP contribution in [0.4, 0.5) is 5.69 Å². The fraction of sp³-hybridized carbons (Fsp3) is 0.357. The number of esters is 2. The first kappa shape index (κ1) is 11.5. The van der Waals surface area contributed by atoms with Crippen molar-refractivity contribution in [3.63, 3.8) is 0 Å². The van der Waals surface area contributed by atoms with Gasteiger partial charge in [-0.15, -0.1) is 0 Å². The summed E-state index contributed by atoms with van der Waals surface area (Å²) in [6, 6.07) is 3.21. The van der Waals surface area contributed by atoms with Gasteiger partial charge in [-0.3, -0.25) is 4.79 Å². The van der Waals surface area contributed by atoms with Crippen LogP contribution in [-0.4, -0.2) is 36.9 Å². The van der Waals surface area contributed by atoms with E-state index in [2.05, 4.69) is 9.64 Å². The van der Waals surface area contributed by atoms with Crippen molar-refractivity contribution in [3.8, 4) is 5.75 Å². The summed E-state index contributed by atoms with van der Waals surface area (Å²) in [4.78, 5) is 36.7. The van der Waals surface area contributed by atoms with Crippen LogP contribution in [0, 0.1) is 0 Å². The molecule has 1 fully saturated rings. The first-order valence-electron chi connectivity index (χ1n) is 6.49. The first-order chi connectivity index (χ1) is 9.63. The number of fused-ring (bicyclic) bond motifs is 4. The molecular weight excluding hydrogens is 262 g/mol. The molecular formula is C14H11NO5. The Bertz CT molecular complexity index is 666. The highest BCUT2D eigenvalue weighted by Gasteiger charge is 2.37. The quantitative estimate of drug-likeness (QED) is 0.517. The van der Waals surface area contributed by atoms with Gasteiger partial charge >= 0.3 is 11.9 Å². The van der Waals surface area contributed by atoms with Gasteiger partial charge in [-0.25, -0.2) is 9.59 Å². The molecule has 20 heavy (non-hydrogen) atoms. The Hall–Kier alpha value is -2.37. The average Bonchev–Trinajstić information content (AvgIpc) is 2.71. The van der Waals surface area contributed by atoms with E-state index in [4.69, 9.17) is 4.74 Å². The van der Waals surface area contributed by atoms with Crippen molar-refractivity contribution in [3.05, 3.63) is 23.3 Å². The molecule has 102 valence electrons. The highest BCUT2D eigenvalue weighted by atomic mass is 16.6. The highest BCUT2D eigenvalue weighted by molar-refractivity contribution is 6.15. The molecule has 0 amide bonds. The third-order valence-corrected chi connectivity index (χ3v) is 4.00. The zero-order valence-electron chi connectivity index (χ0n) is 10.5. The molecule has 3 aliphatic rings. The summed E-state index contributed by atoms with van der Waals surface area (Å²) in [5.74, 6) is -0.453. The SMILES string of the molecule is O=C1CCN2c3cc4c(cc3OC[C@H]2C1)C(=O)OC4=O. The molecule has 4 rings (SSSR count). The number of ketones is 1. The molecule has 1 saturated heterocycles. The molecule has 0 bridgehead atoms. The fourth-order valence-corrected chi connectivity index (χ4v) is 3.00. The number of hydrogen-bond acceptors (Lipinski definition) is 6. The molecule has 0 saturated carbocycles. The minimum Gasteiger partial charge on any atom is -0.489 e. The molecule has 1 aromatic carbocycles. The van der Waals surface area contributed by atoms with Crippen molar-refractivity contribution < 1.29 is 23.9 Å². The monoisotopic (exact) mass is 273 g/mol. The van der Waals surface area contributed by atoms with Gasteiger partial charge < -0.3 is 14.4 Å². The zero-order chi connectivity index (χ0) is 13.9. The maximum absolute atomic E-state index is 11.6. The largest absolute Gasteiger partial charge is 0.489 e. The number of rotatable bonds is 0. The first-order valence-corrected chi connectivity index (χ1v) is 6.49. The van der Waals surface area contributed by atoms with Crippen molar-refractivity contribution in [1.82, 2.24) is 0 Å². The second-order valence-corrected chi connectivity index (χ2v) is 5.19. The van der Waals surface area contributed by atoms with Gasteiger partial charge in [0.15, 0.2) is 0 Å². The van der Waals surface area contributed by atoms with Crippen molar-refractivity contribution in [2.45, 2.75) is 18.9 Å². The summed E-state index contributed by atoms with van der Waals surface area (Å²) < 4.78 is 10.2. The Morgan fingerprint density at radius 2 is 1.85 bits per heavy atom. The van der Waals surface area contributed by atoms with Crippen LogP contribution in [0.3, 0.4) is 0 Å². The van der Waals surface area contributed by atoms with Gasteiger partial charge in [-0.05, 0) is 12.1 Å². The van der Waals surface area contributed by atoms with Crippen LogP contribution >= 0.6 is 0 Å². The van der Waals surface area contributed by atoms with Crippen LogP contribution in [-0.2, 0) is 9.53 Å². The standard InChI is InChI=1S/C14H11NO5/c16-8-1-2-15-7(3-8)6-19-12-5-10-9(4-11(12)15)13(17)20-14(10)18/h4-5,7H,1-3,6H2/t7-/m1/s1. The molecule has 0 spiro atoms. The molecule has 6 nitrogen and oxygen atoms in total. The van der Waals surface area contributed by atoms with E-state index in [0.29, 0.717) is 31.7 Å². The Kier molecular flexibility index (Phi) is 2.19. The summed E-state index contributed by atoms with van der Waals surface area (Å²) in [6.07, 6.45) is 0.955. The van der Waals surface area contributed by atoms with Crippen LogP contribution < -0.4 is 9.64 Å². The van der Waals surface area contributed by atoms with Crippen molar-refractivity contribution in [1.29, 1.82) is 0 Å². The lowest BCUT2D eigenvalue weighted by molar-refractivity contribution is -0.120. The zero-order valence-corrected chi connectivity index (χ0v) is 10.5. The van der Waals surface area contributed by atoms with E-state index in [1.807, 2.05) is 0 Å². The minimum atomic E-state index is -0.632. The van der Waals surface area contributed by atoms with E-state index in [1.165, 1.54) is 0 Å². The normalized spacial score (nSPS) is 23.7. The molecule has 0 aromatic heterocycles. The molecule has 1 aromatic rings. The predicted octanol–water partition coefficient (Wildman–Crippen LogP) is 0.928. The van der Waals surface area contributed by atoms with Gasteiger partial charge in [-0.2, -0.15) is 0 Å². The van der Waals surface area contributed by atoms with Gasteiger partial charge in [0.2, 0.25) is 0 Å². The molecule has 0 unspecified atom stereocenters. The van der Waals surface area contributed by atoms with E-state index >= 15 is 0 Å². The lowest BCUT2D eigenvalue weighted by atomic mass is 9.97. The van der Waals surface area contributed by atoms with E-state index in [9.17, 15) is 14.4 Å². The summed E-state index contributed by atoms with van der Waals surface area (Å²) in [5, 5.41) is 0. The summed E-state index contributed by atoms with van der Waals surface area (Å²) >= 11 is 0. The minimum absolute atomic E-state index is 0.00919. The topological polar surface area (TPSA) is 72.9 Å². The van der Waals surface area contributed by atoms with E-state index in [0.717, 1.165) is 5.69 Å². The smallest absolute Gasteiger partial charge is 0.347 e. The van der Waals surface area contributed by atoms with Gasteiger partial charge in [0.25, 0.3) is 0 Å². The maximum Gasteiger partial charge on any atom is 0.347 e. The second kappa shape index (κ2) is 3.82. The van der Waals surface area contributed by atoms with E-state index in [-0.39, 0.29) is 23.0 Å². The van der Waals surface area contributed by atoms with Crippen LogP contribution in [0.5, 0.6) is 5.75 Å². The summed E-state index contributed by atoms with van der Waals surface area (Å²) in [7, 11) is 0. The second-order valence-electron chi connectivity index (χ2n) is 5.19. The Labute approximate surface area is 114 Å². The molecule has 1 atom stereocenters. The van der Waals surface area contributed by atoms with Crippen molar-refractivity contribution >= 4 is 23.4 Å². The molecule has 6 heteroatoms. The molecule has 3 aliphatic heterocycles. The molecule has 0 N–H and O–H groups in total. The van der Waals surface area contributed by atoms with Gasteiger partial charge in [0, 0.05) is 19.4 Å². The third kappa shape index (κ3) is 1.47. The highest BCUT2D eigenvalue weighted by Crippen LogP contribution is 2.40. The van der Waals surface area contributed by atoms with Crippen molar-refractivity contribution in [2.24, 2.45) is 0 Å². The Balaban J connectivity index is 1.81. The number of cyclic esters (lactones) is 2. The molecule has 3 heterocycles. The van der Waals surface area contributed by atoms with Gasteiger partial charge in [-0.1, -0.05) is 0 Å². The Morgan fingerprint density at radius 1 is 1.10 bits per heavy atom. The Morgan fingerprint density at radius 3 is 2.65 bits per heavy atom. The van der Waals surface area contributed by atoms with Crippen molar-refractivity contribution in [2.75, 3.05) is 18.1 Å². The summed E-state index contributed by atoms with van der Waals surface area (Å²) in [5.41, 5.74) is 1.29. The van der Waals surface area contributed by atoms with Crippen LogP contribution in [0.1, 0.15) is 33.6 Å². The fourth-order valence-electron chi connectivity index (χ4n) is 3.00. The number of ether oxygens (including phenoxy) is 2. The number of benzene rings is 1. The number of Topliss-reactive ketones (excluding diaryl/α,β-unsaturated/α-hetero) is 1. The number of nitrogens with zero attached hydrogens (tertiary/aromatic N) is 1. The average molecular weight is 273 g/mol.